The molecule has 4 nitrogen and oxygen atoms in total. The van der Waals surface area contributed by atoms with E-state index in [1.165, 1.54) is 0 Å². The third-order valence-corrected chi connectivity index (χ3v) is 4.39. The summed E-state index contributed by atoms with van der Waals surface area (Å²) in [4.78, 5) is 20.7. The summed E-state index contributed by atoms with van der Waals surface area (Å²) < 4.78 is 38.6. The van der Waals surface area contributed by atoms with Crippen LogP contribution in [0.1, 0.15) is 15.9 Å². The Kier molecular flexibility index (Phi) is 4.72. The summed E-state index contributed by atoms with van der Waals surface area (Å²) in [6.45, 7) is 0. The van der Waals surface area contributed by atoms with Gasteiger partial charge in [-0.3, -0.25) is 14.8 Å². The number of alkyl halides is 3. The molecule has 7 heteroatoms. The van der Waals surface area contributed by atoms with Crippen LogP contribution in [-0.4, -0.2) is 15.9 Å². The first-order valence-corrected chi connectivity index (χ1v) is 8.70. The molecular formula is C22H14F3N3O. The van der Waals surface area contributed by atoms with Crippen molar-refractivity contribution in [2.75, 3.05) is 5.32 Å². The molecule has 0 aliphatic carbocycles. The van der Waals surface area contributed by atoms with E-state index in [0.29, 0.717) is 16.8 Å². The van der Waals surface area contributed by atoms with Gasteiger partial charge in [0.2, 0.25) is 0 Å². The first kappa shape index (κ1) is 18.6. The Hall–Kier alpha value is -3.74. The number of hydrogen-bond acceptors (Lipinski definition) is 3. The summed E-state index contributed by atoms with van der Waals surface area (Å²) in [7, 11) is 0. The normalized spacial score (nSPS) is 11.4. The standard InChI is InChI=1S/C22H14F3N3O/c23-22(24,25)17-9-11-27-20(13-17)14-3-5-15(6-4-14)21(29)28-18-7-8-19-16(12-18)2-1-10-26-19/h1-13H,(H,28,29). The quantitative estimate of drug-likeness (QED) is 0.495. The molecular weight excluding hydrogens is 379 g/mol. The number of benzene rings is 2. The van der Waals surface area contributed by atoms with Crippen molar-refractivity contribution in [2.45, 2.75) is 6.18 Å². The number of carbonyl (C=O) groups is 1. The van der Waals surface area contributed by atoms with Gasteiger partial charge in [0.15, 0.2) is 0 Å². The van der Waals surface area contributed by atoms with Gasteiger partial charge in [0.1, 0.15) is 0 Å². The molecule has 0 aliphatic heterocycles. The first-order chi connectivity index (χ1) is 13.9. The predicted octanol–water partition coefficient (Wildman–Crippen LogP) is 5.57. The van der Waals surface area contributed by atoms with Crippen LogP contribution < -0.4 is 5.32 Å². The van der Waals surface area contributed by atoms with Gasteiger partial charge in [-0.15, -0.1) is 0 Å². The van der Waals surface area contributed by atoms with Crippen LogP contribution in [0.15, 0.2) is 79.1 Å². The van der Waals surface area contributed by atoms with E-state index in [2.05, 4.69) is 15.3 Å². The van der Waals surface area contributed by atoms with Gasteiger partial charge < -0.3 is 5.32 Å². The lowest BCUT2D eigenvalue weighted by Crippen LogP contribution is -2.11. The molecule has 2 aromatic carbocycles. The third kappa shape index (κ3) is 4.08. The molecule has 4 rings (SSSR count). The summed E-state index contributed by atoms with van der Waals surface area (Å²) in [6, 6.07) is 17.3. The number of nitrogens with zero attached hydrogens (tertiary/aromatic N) is 2. The van der Waals surface area contributed by atoms with Crippen LogP contribution in [0, 0.1) is 0 Å². The number of rotatable bonds is 3. The van der Waals surface area contributed by atoms with Crippen LogP contribution in [0.3, 0.4) is 0 Å². The number of halogens is 3. The molecule has 1 N–H and O–H groups in total. The Bertz CT molecular complexity index is 1190. The number of nitrogens with one attached hydrogen (secondary N) is 1. The van der Waals surface area contributed by atoms with Gasteiger partial charge in [0.05, 0.1) is 16.8 Å². The largest absolute Gasteiger partial charge is 0.416 e. The molecule has 0 fully saturated rings. The Morgan fingerprint density at radius 3 is 2.41 bits per heavy atom. The second-order valence-electron chi connectivity index (χ2n) is 6.37. The lowest BCUT2D eigenvalue weighted by atomic mass is 10.1. The van der Waals surface area contributed by atoms with E-state index >= 15 is 0 Å². The van der Waals surface area contributed by atoms with Gasteiger partial charge in [-0.1, -0.05) is 18.2 Å². The first-order valence-electron chi connectivity index (χ1n) is 8.70. The zero-order valence-electron chi connectivity index (χ0n) is 14.9. The highest BCUT2D eigenvalue weighted by molar-refractivity contribution is 6.05. The maximum Gasteiger partial charge on any atom is 0.416 e. The van der Waals surface area contributed by atoms with Gasteiger partial charge in [0.25, 0.3) is 5.91 Å². The molecule has 144 valence electrons. The number of aromatic nitrogens is 2. The molecule has 0 spiro atoms. The summed E-state index contributed by atoms with van der Waals surface area (Å²) >= 11 is 0. The van der Waals surface area contributed by atoms with Gasteiger partial charge in [-0.05, 0) is 48.5 Å². The molecule has 29 heavy (non-hydrogen) atoms. The Balaban J connectivity index is 1.53. The second kappa shape index (κ2) is 7.35. The monoisotopic (exact) mass is 393 g/mol. The van der Waals surface area contributed by atoms with Crippen molar-refractivity contribution in [1.29, 1.82) is 0 Å². The summed E-state index contributed by atoms with van der Waals surface area (Å²) in [6.07, 6.45) is -1.62. The molecule has 0 atom stereocenters. The summed E-state index contributed by atoms with van der Waals surface area (Å²) in [5.41, 5.74) is 1.74. The molecule has 1 amide bonds. The van der Waals surface area contributed by atoms with Crippen molar-refractivity contribution < 1.29 is 18.0 Å². The van der Waals surface area contributed by atoms with E-state index in [0.717, 1.165) is 29.2 Å². The van der Waals surface area contributed by atoms with Crippen LogP contribution in [0.25, 0.3) is 22.2 Å². The topological polar surface area (TPSA) is 54.9 Å². The van der Waals surface area contributed by atoms with Crippen molar-refractivity contribution in [1.82, 2.24) is 9.97 Å². The molecule has 2 heterocycles. The van der Waals surface area contributed by atoms with Crippen LogP contribution in [0.5, 0.6) is 0 Å². The minimum Gasteiger partial charge on any atom is -0.322 e. The van der Waals surface area contributed by atoms with E-state index in [1.807, 2.05) is 24.3 Å². The maximum atomic E-state index is 12.9. The van der Waals surface area contributed by atoms with Crippen LogP contribution in [0.4, 0.5) is 18.9 Å². The van der Waals surface area contributed by atoms with Crippen molar-refractivity contribution >= 4 is 22.5 Å². The van der Waals surface area contributed by atoms with Gasteiger partial charge in [-0.2, -0.15) is 13.2 Å². The van der Waals surface area contributed by atoms with Crippen LogP contribution in [0.2, 0.25) is 0 Å². The highest BCUT2D eigenvalue weighted by atomic mass is 19.4. The van der Waals surface area contributed by atoms with Crippen LogP contribution in [-0.2, 0) is 6.18 Å². The average Bonchev–Trinajstić information content (AvgIpc) is 2.73. The minimum atomic E-state index is -4.44. The molecule has 0 bridgehead atoms. The maximum absolute atomic E-state index is 12.9. The Morgan fingerprint density at radius 2 is 1.66 bits per heavy atom. The smallest absolute Gasteiger partial charge is 0.322 e. The molecule has 0 radical (unpaired) electrons. The fourth-order valence-corrected chi connectivity index (χ4v) is 2.91. The van der Waals surface area contributed by atoms with Gasteiger partial charge in [0, 0.05) is 34.6 Å². The van der Waals surface area contributed by atoms with E-state index in [9.17, 15) is 18.0 Å². The zero-order chi connectivity index (χ0) is 20.4. The van der Waals surface area contributed by atoms with Crippen molar-refractivity contribution in [3.05, 3.63) is 90.3 Å². The number of anilines is 1. The number of amides is 1. The number of carbonyl (C=O) groups excluding carboxylic acids is 1. The average molecular weight is 393 g/mol. The fraction of sp³-hybridized carbons (Fsp3) is 0.0455. The minimum absolute atomic E-state index is 0.189. The lowest BCUT2D eigenvalue weighted by molar-refractivity contribution is -0.137. The van der Waals surface area contributed by atoms with E-state index in [-0.39, 0.29) is 11.6 Å². The third-order valence-electron chi connectivity index (χ3n) is 4.39. The number of hydrogen-bond donors (Lipinski definition) is 1. The number of fused-ring (bicyclic) bond motifs is 1. The molecule has 2 aromatic heterocycles. The Morgan fingerprint density at radius 1 is 0.862 bits per heavy atom. The zero-order valence-corrected chi connectivity index (χ0v) is 14.9. The predicted molar refractivity (Wildman–Crippen MR) is 104 cm³/mol. The lowest BCUT2D eigenvalue weighted by Gasteiger charge is -2.09. The van der Waals surface area contributed by atoms with Crippen LogP contribution >= 0.6 is 0 Å². The van der Waals surface area contributed by atoms with Crippen molar-refractivity contribution in [3.8, 4) is 11.3 Å². The Labute approximate surface area is 164 Å². The van der Waals surface area contributed by atoms with Crippen molar-refractivity contribution in [2.24, 2.45) is 0 Å². The van der Waals surface area contributed by atoms with E-state index < -0.39 is 11.7 Å². The number of pyridine rings is 2. The summed E-state index contributed by atoms with van der Waals surface area (Å²) in [5, 5.41) is 3.71. The molecule has 0 aliphatic rings. The molecule has 0 saturated carbocycles. The van der Waals surface area contributed by atoms with Gasteiger partial charge >= 0.3 is 6.18 Å². The van der Waals surface area contributed by atoms with E-state index in [1.54, 1.807) is 36.5 Å². The highest BCUT2D eigenvalue weighted by Gasteiger charge is 2.30. The SMILES string of the molecule is O=C(Nc1ccc2ncccc2c1)c1ccc(-c2cc(C(F)(F)F)ccn2)cc1. The summed E-state index contributed by atoms with van der Waals surface area (Å²) in [5.74, 6) is -0.322. The molecule has 4 aromatic rings. The molecule has 0 unspecified atom stereocenters. The second-order valence-corrected chi connectivity index (χ2v) is 6.37. The molecule has 0 saturated heterocycles. The van der Waals surface area contributed by atoms with Gasteiger partial charge in [-0.25, -0.2) is 0 Å². The highest BCUT2D eigenvalue weighted by Crippen LogP contribution is 2.31. The van der Waals surface area contributed by atoms with Crippen molar-refractivity contribution in [3.63, 3.8) is 0 Å². The van der Waals surface area contributed by atoms with E-state index in [4.69, 9.17) is 0 Å². The fourth-order valence-electron chi connectivity index (χ4n) is 2.91.